The van der Waals surface area contributed by atoms with Crippen LogP contribution in [0.15, 0.2) is 95.0 Å². The highest BCUT2D eigenvalue weighted by Crippen LogP contribution is 2.31. The Bertz CT molecular complexity index is 1550. The normalized spacial score (nSPS) is 15.1. The summed E-state index contributed by atoms with van der Waals surface area (Å²) in [7, 11) is 0. The van der Waals surface area contributed by atoms with E-state index >= 15 is 0 Å². The lowest BCUT2D eigenvalue weighted by Crippen LogP contribution is -2.57. The number of carbonyl (C=O) groups excluding carboxylic acids is 3. The first kappa shape index (κ1) is 24.5. The zero-order chi connectivity index (χ0) is 26.3. The van der Waals surface area contributed by atoms with Crippen molar-refractivity contribution in [2.45, 2.75) is 20.8 Å². The average Bonchev–Trinajstić information content (AvgIpc) is 3.16. The number of aromatic nitrogens is 1. The maximum Gasteiger partial charge on any atom is 0.343 e. The third-order valence-electron chi connectivity index (χ3n) is 6.41. The lowest BCUT2D eigenvalue weighted by molar-refractivity contribution is -0.121. The van der Waals surface area contributed by atoms with Crippen LogP contribution in [-0.2, 0) is 9.59 Å². The van der Waals surface area contributed by atoms with Crippen molar-refractivity contribution >= 4 is 51.2 Å². The van der Waals surface area contributed by atoms with Crippen LogP contribution < -0.4 is 9.80 Å². The van der Waals surface area contributed by atoms with Crippen LogP contribution in [0.5, 0.6) is 0 Å². The molecule has 0 saturated carbocycles. The van der Waals surface area contributed by atoms with E-state index in [0.717, 1.165) is 42.5 Å². The number of hydrogen-bond acceptors (Lipinski definition) is 3. The van der Waals surface area contributed by atoms with Gasteiger partial charge in [0.1, 0.15) is 5.57 Å². The SMILES string of the molecule is Cc1ccc(N2C(=O)/C(=C\c3cc(C)n(-c4ccc(Br)cc4)c3C)C(=O)N(c3ccccc3)C2=O)cc1. The van der Waals surface area contributed by atoms with Crippen molar-refractivity contribution in [1.29, 1.82) is 0 Å². The average molecular weight is 554 g/mol. The molecule has 0 aliphatic carbocycles. The molecule has 6 nitrogen and oxygen atoms in total. The molecule has 0 bridgehead atoms. The quantitative estimate of drug-likeness (QED) is 0.207. The number of benzene rings is 3. The zero-order valence-electron chi connectivity index (χ0n) is 20.6. The number of barbiturate groups is 1. The first-order valence-electron chi connectivity index (χ1n) is 11.8. The third-order valence-corrected chi connectivity index (χ3v) is 6.94. The second-order valence-corrected chi connectivity index (χ2v) is 9.85. The number of aryl methyl sites for hydroxylation is 2. The largest absolute Gasteiger partial charge is 0.343 e. The fourth-order valence-corrected chi connectivity index (χ4v) is 4.80. The molecule has 4 aromatic rings. The predicted octanol–water partition coefficient (Wildman–Crippen LogP) is 6.75. The first-order valence-corrected chi connectivity index (χ1v) is 12.6. The molecule has 1 saturated heterocycles. The van der Waals surface area contributed by atoms with Crippen molar-refractivity contribution in [2.24, 2.45) is 0 Å². The van der Waals surface area contributed by atoms with E-state index in [1.165, 1.54) is 0 Å². The van der Waals surface area contributed by atoms with Gasteiger partial charge >= 0.3 is 6.03 Å². The standard InChI is InChI=1S/C30H24BrN3O3/c1-19-9-13-26(14-10-19)34-29(36)27(28(35)33(30(34)37)24-7-5-4-6-8-24)18-22-17-20(2)32(21(22)3)25-15-11-23(31)12-16-25/h4-18H,1-3H3/b27-18-. The van der Waals surface area contributed by atoms with Gasteiger partial charge in [-0.2, -0.15) is 0 Å². The molecule has 1 fully saturated rings. The number of amides is 4. The minimum Gasteiger partial charge on any atom is -0.318 e. The molecule has 0 atom stereocenters. The number of urea groups is 1. The van der Waals surface area contributed by atoms with Crippen LogP contribution in [0.3, 0.4) is 0 Å². The van der Waals surface area contributed by atoms with Crippen LogP contribution in [0.4, 0.5) is 16.2 Å². The van der Waals surface area contributed by atoms with Gasteiger partial charge in [-0.1, -0.05) is 51.8 Å². The Labute approximate surface area is 223 Å². The smallest absolute Gasteiger partial charge is 0.318 e. The first-order chi connectivity index (χ1) is 17.8. The van der Waals surface area contributed by atoms with E-state index in [1.54, 1.807) is 48.5 Å². The number of rotatable bonds is 4. The van der Waals surface area contributed by atoms with Gasteiger partial charge in [0.15, 0.2) is 0 Å². The van der Waals surface area contributed by atoms with Crippen LogP contribution in [0, 0.1) is 20.8 Å². The van der Waals surface area contributed by atoms with Gasteiger partial charge < -0.3 is 4.57 Å². The lowest BCUT2D eigenvalue weighted by Gasteiger charge is -2.34. The summed E-state index contributed by atoms with van der Waals surface area (Å²) in [5.41, 5.74) is 5.23. The molecule has 0 spiro atoms. The van der Waals surface area contributed by atoms with Crippen molar-refractivity contribution in [3.63, 3.8) is 0 Å². The molecule has 2 heterocycles. The molecule has 5 rings (SSSR count). The van der Waals surface area contributed by atoms with Crippen molar-refractivity contribution in [2.75, 3.05) is 9.80 Å². The summed E-state index contributed by atoms with van der Waals surface area (Å²) in [5, 5.41) is 0. The van der Waals surface area contributed by atoms with E-state index in [4.69, 9.17) is 0 Å². The molecule has 3 aromatic carbocycles. The van der Waals surface area contributed by atoms with E-state index < -0.39 is 17.8 Å². The molecular weight excluding hydrogens is 530 g/mol. The molecule has 0 radical (unpaired) electrons. The highest BCUT2D eigenvalue weighted by atomic mass is 79.9. The van der Waals surface area contributed by atoms with E-state index in [2.05, 4.69) is 20.5 Å². The number of para-hydroxylation sites is 1. The molecule has 7 heteroatoms. The Hall–Kier alpha value is -4.23. The van der Waals surface area contributed by atoms with E-state index in [9.17, 15) is 14.4 Å². The van der Waals surface area contributed by atoms with E-state index in [-0.39, 0.29) is 5.57 Å². The molecule has 1 aromatic heterocycles. The van der Waals surface area contributed by atoms with Gasteiger partial charge in [-0.3, -0.25) is 9.59 Å². The van der Waals surface area contributed by atoms with Crippen LogP contribution in [0.1, 0.15) is 22.5 Å². The Morgan fingerprint density at radius 1 is 0.676 bits per heavy atom. The van der Waals surface area contributed by atoms with Crippen LogP contribution >= 0.6 is 15.9 Å². The minimum absolute atomic E-state index is 0.0833. The van der Waals surface area contributed by atoms with Gasteiger partial charge in [-0.25, -0.2) is 14.6 Å². The molecule has 0 N–H and O–H groups in total. The Morgan fingerprint density at radius 3 is 1.81 bits per heavy atom. The van der Waals surface area contributed by atoms with Crippen LogP contribution in [-0.4, -0.2) is 22.4 Å². The van der Waals surface area contributed by atoms with Gasteiger partial charge in [-0.05, 0) is 87.0 Å². The summed E-state index contributed by atoms with van der Waals surface area (Å²) < 4.78 is 3.04. The predicted molar refractivity (Wildman–Crippen MR) is 149 cm³/mol. The Kier molecular flexibility index (Phi) is 6.39. The highest BCUT2D eigenvalue weighted by Gasteiger charge is 2.43. The van der Waals surface area contributed by atoms with Gasteiger partial charge in [0, 0.05) is 21.5 Å². The molecule has 0 unspecified atom stereocenters. The molecular formula is C30H24BrN3O3. The second-order valence-electron chi connectivity index (χ2n) is 8.93. The summed E-state index contributed by atoms with van der Waals surface area (Å²) in [4.78, 5) is 43.0. The maximum absolute atomic E-state index is 13.7. The van der Waals surface area contributed by atoms with Gasteiger partial charge in [-0.15, -0.1) is 0 Å². The fourth-order valence-electron chi connectivity index (χ4n) is 4.53. The highest BCUT2D eigenvalue weighted by molar-refractivity contribution is 9.10. The Morgan fingerprint density at radius 2 is 1.22 bits per heavy atom. The second kappa shape index (κ2) is 9.67. The summed E-state index contributed by atoms with van der Waals surface area (Å²) in [6.07, 6.45) is 1.59. The van der Waals surface area contributed by atoms with Crippen molar-refractivity contribution in [3.05, 3.63) is 117 Å². The van der Waals surface area contributed by atoms with Gasteiger partial charge in [0.05, 0.1) is 11.4 Å². The number of anilines is 2. The summed E-state index contributed by atoms with van der Waals surface area (Å²) in [6.45, 7) is 5.84. The molecule has 1 aliphatic rings. The zero-order valence-corrected chi connectivity index (χ0v) is 22.2. The van der Waals surface area contributed by atoms with Crippen molar-refractivity contribution in [3.8, 4) is 5.69 Å². The monoisotopic (exact) mass is 553 g/mol. The molecule has 184 valence electrons. The third kappa shape index (κ3) is 4.42. The summed E-state index contributed by atoms with van der Waals surface area (Å²) in [5.74, 6) is -1.31. The van der Waals surface area contributed by atoms with E-state index in [0.29, 0.717) is 11.4 Å². The summed E-state index contributed by atoms with van der Waals surface area (Å²) in [6, 6.07) is 24.9. The van der Waals surface area contributed by atoms with Gasteiger partial charge in [0.25, 0.3) is 11.8 Å². The van der Waals surface area contributed by atoms with Crippen LogP contribution in [0.2, 0.25) is 0 Å². The topological polar surface area (TPSA) is 62.6 Å². The number of hydrogen-bond donors (Lipinski definition) is 0. The van der Waals surface area contributed by atoms with Crippen molar-refractivity contribution < 1.29 is 14.4 Å². The fraction of sp³-hybridized carbons (Fsp3) is 0.100. The minimum atomic E-state index is -0.706. The number of nitrogens with zero attached hydrogens (tertiary/aromatic N) is 3. The molecule has 4 amide bonds. The molecule has 1 aliphatic heterocycles. The van der Waals surface area contributed by atoms with E-state index in [1.807, 2.05) is 63.2 Å². The maximum atomic E-state index is 13.7. The van der Waals surface area contributed by atoms with Gasteiger partial charge in [0.2, 0.25) is 0 Å². The Balaban J connectivity index is 1.65. The summed E-state index contributed by atoms with van der Waals surface area (Å²) >= 11 is 3.47. The number of imide groups is 2. The lowest BCUT2D eigenvalue weighted by atomic mass is 10.0. The van der Waals surface area contributed by atoms with Crippen LogP contribution in [0.25, 0.3) is 11.8 Å². The number of halogens is 1. The molecule has 37 heavy (non-hydrogen) atoms. The van der Waals surface area contributed by atoms with Crippen molar-refractivity contribution in [1.82, 2.24) is 4.57 Å². The number of carbonyl (C=O) groups is 3.